The molecule has 1 aromatic rings. The Morgan fingerprint density at radius 3 is 1.42 bits per heavy atom. The van der Waals surface area contributed by atoms with Gasteiger partial charge in [-0.15, -0.1) is 0 Å². The van der Waals surface area contributed by atoms with Crippen molar-refractivity contribution in [1.29, 1.82) is 0 Å². The molecule has 0 radical (unpaired) electrons. The van der Waals surface area contributed by atoms with Crippen LogP contribution >= 0.6 is 0 Å². The van der Waals surface area contributed by atoms with Gasteiger partial charge in [0.15, 0.2) is 11.5 Å². The van der Waals surface area contributed by atoms with E-state index in [1.807, 2.05) is 0 Å². The van der Waals surface area contributed by atoms with Crippen LogP contribution in [0.1, 0.15) is 144 Å². The van der Waals surface area contributed by atoms with Gasteiger partial charge in [0.1, 0.15) is 5.56 Å². The Morgan fingerprint density at radius 1 is 0.606 bits per heavy atom. The minimum Gasteiger partial charge on any atom is -0.504 e. The summed E-state index contributed by atoms with van der Waals surface area (Å²) in [5, 5.41) is 21.5. The predicted octanol–water partition coefficient (Wildman–Crippen LogP) is 8.68. The van der Waals surface area contributed by atoms with Crippen molar-refractivity contribution in [2.45, 2.75) is 136 Å². The molecule has 5 heteroatoms. The smallest absolute Gasteiger partial charge is 0.383 e. The molecule has 4 nitrogen and oxygen atoms in total. The summed E-state index contributed by atoms with van der Waals surface area (Å²) in [6.45, 7) is 6.52. The molecule has 1 aromatic carbocycles. The third kappa shape index (κ3) is 9.93. The average Bonchev–Trinajstić information content (AvgIpc) is 2.82. The van der Waals surface area contributed by atoms with Gasteiger partial charge in [-0.25, -0.2) is 9.74 Å². The first-order chi connectivity index (χ1) is 16.0. The Kier molecular flexibility index (Phi) is 15.7. The van der Waals surface area contributed by atoms with Gasteiger partial charge in [0.05, 0.1) is 0 Å². The van der Waals surface area contributed by atoms with Gasteiger partial charge in [-0.2, -0.15) is 0 Å². The van der Waals surface area contributed by atoms with Gasteiger partial charge in [-0.3, -0.25) is 0 Å². The Labute approximate surface area is 200 Å². The molecule has 0 aliphatic rings. The van der Waals surface area contributed by atoms with E-state index in [0.29, 0.717) is 18.4 Å². The third-order valence-corrected chi connectivity index (χ3v) is 6.64. The van der Waals surface area contributed by atoms with Crippen LogP contribution in [0.25, 0.3) is 0 Å². The molecule has 0 spiro atoms. The molecule has 0 unspecified atom stereocenters. The highest BCUT2D eigenvalue weighted by Crippen LogP contribution is 2.41. The molecule has 0 aromatic heterocycles. The lowest BCUT2D eigenvalue weighted by Gasteiger charge is -2.21. The standard InChI is InChI=1S/C28H47FO4/c1-4-7-10-13-16-19-22-23(20-17-14-11-8-5-2)25(28(32)33-29)27(31)26(30)24(22)21-18-15-12-9-6-3/h30-31H,4-21H2,1-3H3. The molecule has 0 aliphatic carbocycles. The summed E-state index contributed by atoms with van der Waals surface area (Å²) in [6.07, 6.45) is 18.2. The average molecular weight is 467 g/mol. The quantitative estimate of drug-likeness (QED) is 0.158. The van der Waals surface area contributed by atoms with Crippen LogP contribution in [-0.2, 0) is 24.2 Å². The van der Waals surface area contributed by atoms with E-state index in [1.165, 1.54) is 19.3 Å². The second kappa shape index (κ2) is 17.7. The van der Waals surface area contributed by atoms with Crippen molar-refractivity contribution in [2.24, 2.45) is 0 Å². The Bertz CT molecular complexity index is 687. The number of carbonyl (C=O) groups is 1. The summed E-state index contributed by atoms with van der Waals surface area (Å²) in [5.41, 5.74) is 2.14. The molecule has 0 fully saturated rings. The summed E-state index contributed by atoms with van der Waals surface area (Å²) in [4.78, 5) is 15.8. The fourth-order valence-corrected chi connectivity index (χ4v) is 4.70. The van der Waals surface area contributed by atoms with Crippen LogP contribution in [-0.4, -0.2) is 16.2 Å². The van der Waals surface area contributed by atoms with Gasteiger partial charge < -0.3 is 10.2 Å². The van der Waals surface area contributed by atoms with Gasteiger partial charge in [0.2, 0.25) is 0 Å². The molecule has 0 bridgehead atoms. The topological polar surface area (TPSA) is 66.8 Å². The van der Waals surface area contributed by atoms with E-state index in [9.17, 15) is 19.5 Å². The van der Waals surface area contributed by atoms with Crippen molar-refractivity contribution in [3.63, 3.8) is 0 Å². The zero-order chi connectivity index (χ0) is 24.5. The molecule has 0 saturated heterocycles. The van der Waals surface area contributed by atoms with Gasteiger partial charge in [0.25, 0.3) is 0 Å². The molecule has 2 N–H and O–H groups in total. The largest absolute Gasteiger partial charge is 0.504 e. The summed E-state index contributed by atoms with van der Waals surface area (Å²) >= 11 is 0. The number of phenolic OH excluding ortho intramolecular Hbond substituents is 2. The van der Waals surface area contributed by atoms with Crippen LogP contribution in [0.2, 0.25) is 0 Å². The maximum atomic E-state index is 13.0. The molecular weight excluding hydrogens is 419 g/mol. The summed E-state index contributed by atoms with van der Waals surface area (Å²) < 4.78 is 13.0. The van der Waals surface area contributed by atoms with E-state index >= 15 is 0 Å². The number of aromatic hydroxyl groups is 2. The number of hydrogen-bond donors (Lipinski definition) is 2. The number of phenols is 2. The number of carbonyl (C=O) groups excluding carboxylic acids is 1. The van der Waals surface area contributed by atoms with Crippen LogP contribution in [0.4, 0.5) is 4.53 Å². The molecule has 0 saturated carbocycles. The first kappa shape index (κ1) is 29.3. The van der Waals surface area contributed by atoms with Crippen molar-refractivity contribution < 1.29 is 24.5 Å². The minimum atomic E-state index is -1.21. The number of rotatable bonds is 19. The van der Waals surface area contributed by atoms with Crippen LogP contribution in [0, 0.1) is 0 Å². The fraction of sp³-hybridized carbons (Fsp3) is 0.750. The Morgan fingerprint density at radius 2 is 1.00 bits per heavy atom. The van der Waals surface area contributed by atoms with Crippen LogP contribution in [0.5, 0.6) is 11.5 Å². The molecule has 1 rings (SSSR count). The van der Waals surface area contributed by atoms with E-state index in [1.54, 1.807) is 0 Å². The maximum Gasteiger partial charge on any atom is 0.383 e. The lowest BCUT2D eigenvalue weighted by Crippen LogP contribution is -2.12. The molecule has 0 amide bonds. The first-order valence-electron chi connectivity index (χ1n) is 13.4. The third-order valence-electron chi connectivity index (χ3n) is 6.64. The second-order valence-corrected chi connectivity index (χ2v) is 9.37. The van der Waals surface area contributed by atoms with Crippen molar-refractivity contribution in [3.8, 4) is 11.5 Å². The summed E-state index contributed by atoms with van der Waals surface area (Å²) in [6, 6.07) is 0. The molecule has 190 valence electrons. The lowest BCUT2D eigenvalue weighted by molar-refractivity contribution is -0.0791. The Balaban J connectivity index is 3.26. The Hall–Kier alpha value is -1.78. The number of benzene rings is 1. The van der Waals surface area contributed by atoms with Crippen LogP contribution < -0.4 is 0 Å². The van der Waals surface area contributed by atoms with Crippen molar-refractivity contribution >= 4 is 5.97 Å². The number of halogens is 1. The van der Waals surface area contributed by atoms with Crippen molar-refractivity contribution in [1.82, 2.24) is 0 Å². The molecule has 0 atom stereocenters. The highest BCUT2D eigenvalue weighted by atomic mass is 19.3. The molecule has 0 heterocycles. The van der Waals surface area contributed by atoms with Crippen molar-refractivity contribution in [3.05, 3.63) is 22.3 Å². The summed E-state index contributed by atoms with van der Waals surface area (Å²) in [7, 11) is 0. The second-order valence-electron chi connectivity index (χ2n) is 9.37. The van der Waals surface area contributed by atoms with Gasteiger partial charge in [-0.1, -0.05) is 97.8 Å². The predicted molar refractivity (Wildman–Crippen MR) is 134 cm³/mol. The summed E-state index contributed by atoms with van der Waals surface area (Å²) in [5.74, 6) is -2.02. The maximum absolute atomic E-state index is 13.0. The number of unbranched alkanes of at least 4 members (excludes halogenated alkanes) is 12. The monoisotopic (exact) mass is 466 g/mol. The normalized spacial score (nSPS) is 11.2. The fourth-order valence-electron chi connectivity index (χ4n) is 4.70. The SMILES string of the molecule is CCCCCCCc1c(O)c(O)c(C(=O)OF)c(CCCCCCC)c1CCCCCCC. The molecular formula is C28H47FO4. The zero-order valence-corrected chi connectivity index (χ0v) is 21.3. The molecule has 0 aliphatic heterocycles. The van der Waals surface area contributed by atoms with Crippen molar-refractivity contribution in [2.75, 3.05) is 0 Å². The van der Waals surface area contributed by atoms with Gasteiger partial charge in [0, 0.05) is 10.1 Å². The van der Waals surface area contributed by atoms with E-state index in [4.69, 9.17) is 0 Å². The van der Waals surface area contributed by atoms with Gasteiger partial charge in [-0.05, 0) is 49.7 Å². The van der Waals surface area contributed by atoms with E-state index in [2.05, 4.69) is 25.7 Å². The van der Waals surface area contributed by atoms with E-state index < -0.39 is 11.7 Å². The highest BCUT2D eigenvalue weighted by Gasteiger charge is 2.28. The van der Waals surface area contributed by atoms with E-state index in [-0.39, 0.29) is 11.3 Å². The zero-order valence-electron chi connectivity index (χ0n) is 21.3. The molecule has 33 heavy (non-hydrogen) atoms. The van der Waals surface area contributed by atoms with Crippen LogP contribution in [0.3, 0.4) is 0 Å². The van der Waals surface area contributed by atoms with Gasteiger partial charge >= 0.3 is 5.97 Å². The lowest BCUT2D eigenvalue weighted by atomic mass is 9.85. The number of hydrogen-bond acceptors (Lipinski definition) is 4. The minimum absolute atomic E-state index is 0.191. The van der Waals surface area contributed by atoms with E-state index in [0.717, 1.165) is 94.6 Å². The first-order valence-corrected chi connectivity index (χ1v) is 13.4. The van der Waals surface area contributed by atoms with Crippen LogP contribution in [0.15, 0.2) is 0 Å². The highest BCUT2D eigenvalue weighted by molar-refractivity contribution is 5.95.